The van der Waals surface area contributed by atoms with Crippen LogP contribution in [0, 0.1) is 5.92 Å². The molecule has 2 N–H and O–H groups in total. The molecule has 0 spiro atoms. The molecule has 2 bridgehead atoms. The Labute approximate surface area is 162 Å². The van der Waals surface area contributed by atoms with Crippen molar-refractivity contribution in [3.05, 3.63) is 29.8 Å². The van der Waals surface area contributed by atoms with Gasteiger partial charge in [-0.1, -0.05) is 26.0 Å². The Kier molecular flexibility index (Phi) is 6.58. The van der Waals surface area contributed by atoms with E-state index in [0.717, 1.165) is 30.8 Å². The highest BCUT2D eigenvalue weighted by Crippen LogP contribution is 2.35. The van der Waals surface area contributed by atoms with Crippen LogP contribution in [0.5, 0.6) is 0 Å². The quantitative estimate of drug-likeness (QED) is 0.779. The van der Waals surface area contributed by atoms with Gasteiger partial charge in [-0.3, -0.25) is 4.79 Å². The summed E-state index contributed by atoms with van der Waals surface area (Å²) in [7, 11) is -3.13. The van der Waals surface area contributed by atoms with Crippen molar-refractivity contribution < 1.29 is 13.2 Å². The molecule has 26 heavy (non-hydrogen) atoms. The summed E-state index contributed by atoms with van der Waals surface area (Å²) >= 11 is 0. The number of amides is 1. The molecule has 0 unspecified atom stereocenters. The second-order valence-electron chi connectivity index (χ2n) is 7.39. The summed E-state index contributed by atoms with van der Waals surface area (Å²) in [5.41, 5.74) is 7.24. The second kappa shape index (κ2) is 8.15. The molecule has 0 aromatic heterocycles. The monoisotopic (exact) mass is 401 g/mol. The fraction of sp³-hybridized carbons (Fsp3) is 0.611. The summed E-state index contributed by atoms with van der Waals surface area (Å²) in [5.74, 6) is 0.340. The predicted octanol–water partition coefficient (Wildman–Crippen LogP) is 1.43. The lowest BCUT2D eigenvalue weighted by atomic mass is 10.1. The number of hydrogen-bond acceptors (Lipinski definition) is 5. The maximum Gasteiger partial charge on any atom is 0.225 e. The summed E-state index contributed by atoms with van der Waals surface area (Å²) in [5, 5.41) is 0. The van der Waals surface area contributed by atoms with Crippen molar-refractivity contribution in [2.45, 2.75) is 38.1 Å². The zero-order valence-corrected chi connectivity index (χ0v) is 16.9. The first-order valence-electron chi connectivity index (χ1n) is 8.87. The number of nitrogens with two attached hydrogens (primary N) is 1. The minimum absolute atomic E-state index is 0. The number of likely N-dealkylation sites (tertiary alicyclic amines) is 1. The molecule has 2 aliphatic rings. The van der Waals surface area contributed by atoms with Gasteiger partial charge in [0.15, 0.2) is 9.84 Å². The van der Waals surface area contributed by atoms with Gasteiger partial charge in [0, 0.05) is 37.3 Å². The van der Waals surface area contributed by atoms with Gasteiger partial charge in [0.1, 0.15) is 0 Å². The van der Waals surface area contributed by atoms with Crippen LogP contribution in [0.4, 0.5) is 5.69 Å². The van der Waals surface area contributed by atoms with Crippen LogP contribution in [0.25, 0.3) is 0 Å². The summed E-state index contributed by atoms with van der Waals surface area (Å²) in [6, 6.07) is 8.40. The molecule has 0 saturated carbocycles. The van der Waals surface area contributed by atoms with Crippen molar-refractivity contribution in [1.29, 1.82) is 0 Å². The number of benzene rings is 1. The van der Waals surface area contributed by atoms with Gasteiger partial charge in [0.05, 0.1) is 17.5 Å². The van der Waals surface area contributed by atoms with E-state index in [-0.39, 0.29) is 42.3 Å². The van der Waals surface area contributed by atoms with Gasteiger partial charge in [0.2, 0.25) is 5.91 Å². The average molecular weight is 402 g/mol. The number of sulfone groups is 1. The maximum atomic E-state index is 12.3. The molecular formula is C18H28ClN3O3S. The molecule has 2 heterocycles. The highest BCUT2D eigenvalue weighted by Gasteiger charge is 2.45. The lowest BCUT2D eigenvalue weighted by Crippen LogP contribution is -2.50. The SMILES string of the molecule is CC(C)C(=O)N1C[C@@H]2C[C@H]1CN2c1ccc(CS(=O)(=O)CCN)cc1.Cl. The molecule has 2 atom stereocenters. The van der Waals surface area contributed by atoms with Crippen molar-refractivity contribution in [3.8, 4) is 0 Å². The van der Waals surface area contributed by atoms with Gasteiger partial charge in [-0.15, -0.1) is 12.4 Å². The molecule has 0 aliphatic carbocycles. The Bertz CT molecular complexity index is 737. The van der Waals surface area contributed by atoms with E-state index in [4.69, 9.17) is 5.73 Å². The van der Waals surface area contributed by atoms with E-state index in [1.807, 2.05) is 43.0 Å². The van der Waals surface area contributed by atoms with Crippen LogP contribution in [0.3, 0.4) is 0 Å². The highest BCUT2D eigenvalue weighted by atomic mass is 35.5. The van der Waals surface area contributed by atoms with Crippen LogP contribution in [-0.4, -0.2) is 56.7 Å². The zero-order valence-electron chi connectivity index (χ0n) is 15.3. The molecule has 0 radical (unpaired) electrons. The standard InChI is InChI=1S/C18H27N3O3S.ClH/c1-13(2)18(22)21-11-16-9-17(21)10-20(16)15-5-3-14(4-6-15)12-25(23,24)8-7-19;/h3-6,13,16-17H,7-12,19H2,1-2H3;1H/t16-,17-;/m0./s1. The molecule has 2 aliphatic heterocycles. The van der Waals surface area contributed by atoms with E-state index < -0.39 is 9.84 Å². The normalized spacial score (nSPS) is 22.0. The van der Waals surface area contributed by atoms with Crippen LogP contribution in [0.1, 0.15) is 25.8 Å². The van der Waals surface area contributed by atoms with Gasteiger partial charge in [0.25, 0.3) is 0 Å². The molecule has 2 fully saturated rings. The number of halogens is 1. The van der Waals surface area contributed by atoms with E-state index in [1.54, 1.807) is 0 Å². The fourth-order valence-corrected chi connectivity index (χ4v) is 5.08. The van der Waals surface area contributed by atoms with E-state index in [0.29, 0.717) is 12.1 Å². The molecule has 1 aromatic rings. The van der Waals surface area contributed by atoms with Gasteiger partial charge < -0.3 is 15.5 Å². The van der Waals surface area contributed by atoms with Crippen molar-refractivity contribution >= 4 is 33.8 Å². The van der Waals surface area contributed by atoms with Crippen molar-refractivity contribution in [3.63, 3.8) is 0 Å². The Hall–Kier alpha value is -1.31. The first kappa shape index (κ1) is 21.0. The van der Waals surface area contributed by atoms with Crippen LogP contribution in [0.2, 0.25) is 0 Å². The minimum atomic E-state index is -3.13. The highest BCUT2D eigenvalue weighted by molar-refractivity contribution is 7.90. The Balaban J connectivity index is 0.00000243. The lowest BCUT2D eigenvalue weighted by Gasteiger charge is -2.36. The molecule has 2 saturated heterocycles. The summed E-state index contributed by atoms with van der Waals surface area (Å²) in [6.45, 7) is 5.69. The topological polar surface area (TPSA) is 83.7 Å². The molecule has 3 rings (SSSR count). The number of rotatable bonds is 6. The van der Waals surface area contributed by atoms with Crippen molar-refractivity contribution in [1.82, 2.24) is 4.90 Å². The average Bonchev–Trinajstić information content (AvgIpc) is 3.14. The molecule has 6 nitrogen and oxygen atoms in total. The molecule has 1 aromatic carbocycles. The lowest BCUT2D eigenvalue weighted by molar-refractivity contribution is -0.135. The van der Waals surface area contributed by atoms with Crippen LogP contribution in [0.15, 0.2) is 24.3 Å². The van der Waals surface area contributed by atoms with Crippen LogP contribution >= 0.6 is 12.4 Å². The Morgan fingerprint density at radius 2 is 1.85 bits per heavy atom. The third kappa shape index (κ3) is 4.32. The maximum absolute atomic E-state index is 12.3. The Morgan fingerprint density at radius 1 is 1.19 bits per heavy atom. The number of fused-ring (bicyclic) bond motifs is 2. The van der Waals surface area contributed by atoms with Crippen LogP contribution in [-0.2, 0) is 20.4 Å². The fourth-order valence-electron chi connectivity index (χ4n) is 3.87. The summed E-state index contributed by atoms with van der Waals surface area (Å²) < 4.78 is 23.7. The smallest absolute Gasteiger partial charge is 0.225 e. The third-order valence-electron chi connectivity index (χ3n) is 5.10. The van der Waals surface area contributed by atoms with Crippen molar-refractivity contribution in [2.24, 2.45) is 11.7 Å². The molecular weight excluding hydrogens is 374 g/mol. The summed E-state index contributed by atoms with van der Waals surface area (Å²) in [4.78, 5) is 16.6. The number of carbonyl (C=O) groups excluding carboxylic acids is 1. The number of carbonyl (C=O) groups is 1. The molecule has 8 heteroatoms. The van der Waals surface area contributed by atoms with Gasteiger partial charge in [-0.05, 0) is 24.1 Å². The Morgan fingerprint density at radius 3 is 2.35 bits per heavy atom. The van der Waals surface area contributed by atoms with Crippen LogP contribution < -0.4 is 10.6 Å². The number of piperazine rings is 1. The second-order valence-corrected chi connectivity index (χ2v) is 9.57. The summed E-state index contributed by atoms with van der Waals surface area (Å²) in [6.07, 6.45) is 1.02. The minimum Gasteiger partial charge on any atom is -0.365 e. The number of nitrogens with zero attached hydrogens (tertiary/aromatic N) is 2. The molecule has 1 amide bonds. The largest absolute Gasteiger partial charge is 0.365 e. The van der Waals surface area contributed by atoms with E-state index in [1.165, 1.54) is 0 Å². The van der Waals surface area contributed by atoms with Crippen molar-refractivity contribution in [2.75, 3.05) is 30.3 Å². The number of anilines is 1. The van der Waals surface area contributed by atoms with E-state index in [9.17, 15) is 13.2 Å². The van der Waals surface area contributed by atoms with E-state index >= 15 is 0 Å². The third-order valence-corrected chi connectivity index (χ3v) is 6.73. The first-order valence-corrected chi connectivity index (χ1v) is 10.7. The number of hydrogen-bond donors (Lipinski definition) is 1. The first-order chi connectivity index (χ1) is 11.8. The zero-order chi connectivity index (χ0) is 18.2. The van der Waals surface area contributed by atoms with Gasteiger partial charge in [-0.2, -0.15) is 0 Å². The predicted molar refractivity (Wildman–Crippen MR) is 106 cm³/mol. The molecule has 146 valence electrons. The van der Waals surface area contributed by atoms with Gasteiger partial charge >= 0.3 is 0 Å². The van der Waals surface area contributed by atoms with Gasteiger partial charge in [-0.25, -0.2) is 8.42 Å². The van der Waals surface area contributed by atoms with E-state index in [2.05, 4.69) is 4.90 Å².